The van der Waals surface area contributed by atoms with Crippen LogP contribution in [0, 0.1) is 0 Å². The van der Waals surface area contributed by atoms with E-state index in [2.05, 4.69) is 25.7 Å². The highest BCUT2D eigenvalue weighted by atomic mass is 16.4. The van der Waals surface area contributed by atoms with Crippen molar-refractivity contribution in [1.29, 1.82) is 0 Å². The van der Waals surface area contributed by atoms with E-state index in [1.807, 2.05) is 0 Å². The van der Waals surface area contributed by atoms with Crippen LogP contribution in [0.1, 0.15) is 111 Å². The van der Waals surface area contributed by atoms with Crippen molar-refractivity contribution < 1.29 is 9.90 Å². The number of aliphatic carboxylic acids is 1. The fourth-order valence-corrected chi connectivity index (χ4v) is 3.53. The van der Waals surface area contributed by atoms with E-state index < -0.39 is 5.97 Å². The van der Waals surface area contributed by atoms with Crippen LogP contribution in [-0.4, -0.2) is 34.6 Å². The van der Waals surface area contributed by atoms with Crippen molar-refractivity contribution in [2.75, 3.05) is 13.1 Å². The Labute approximate surface area is 151 Å². The van der Waals surface area contributed by atoms with Gasteiger partial charge in [-0.2, -0.15) is 0 Å². The number of carbonyl (C=O) groups is 1. The lowest BCUT2D eigenvalue weighted by atomic mass is 9.92. The van der Waals surface area contributed by atoms with Crippen LogP contribution in [0.4, 0.5) is 0 Å². The van der Waals surface area contributed by atoms with Crippen molar-refractivity contribution in [3.05, 3.63) is 0 Å². The molecule has 1 saturated heterocycles. The molecular weight excluding hydrogens is 298 g/mol. The number of nitrogens with zero attached hydrogens (tertiary/aromatic N) is 1. The Morgan fingerprint density at radius 3 is 1.75 bits per heavy atom. The van der Waals surface area contributed by atoms with Crippen LogP contribution in [0.25, 0.3) is 0 Å². The first-order valence-corrected chi connectivity index (χ1v) is 10.3. The maximum atomic E-state index is 9.00. The fraction of sp³-hybridized carbons (Fsp3) is 0.952. The minimum atomic E-state index is -0.833. The molecule has 1 N–H and O–H groups in total. The molecule has 0 aliphatic carbocycles. The molecule has 3 heteroatoms. The van der Waals surface area contributed by atoms with Gasteiger partial charge in [-0.3, -0.25) is 9.69 Å². The summed E-state index contributed by atoms with van der Waals surface area (Å²) in [6.07, 6.45) is 18.7. The highest BCUT2D eigenvalue weighted by Gasteiger charge is 2.26. The van der Waals surface area contributed by atoms with Crippen LogP contribution in [0.15, 0.2) is 0 Å². The molecule has 3 nitrogen and oxygen atoms in total. The molecule has 0 atom stereocenters. The standard InChI is InChI=1S/C19H39N.C2H4O2/c1-4-5-6-7-8-9-10-11-13-16-19(2,3)20-17-14-12-15-18-20;1-2(3)4/h4-18H2,1-3H3;1H3,(H,3,4). The summed E-state index contributed by atoms with van der Waals surface area (Å²) in [6.45, 7) is 11.0. The normalized spacial score (nSPS) is 15.7. The third-order valence-corrected chi connectivity index (χ3v) is 5.10. The number of hydrogen-bond acceptors (Lipinski definition) is 2. The summed E-state index contributed by atoms with van der Waals surface area (Å²) in [5.41, 5.74) is 0.446. The quantitative estimate of drug-likeness (QED) is 0.451. The first kappa shape index (κ1) is 23.4. The van der Waals surface area contributed by atoms with Gasteiger partial charge in [0.1, 0.15) is 0 Å². The number of carboxylic acid groups (broad SMARTS) is 1. The summed E-state index contributed by atoms with van der Waals surface area (Å²) in [5, 5.41) is 7.42. The van der Waals surface area contributed by atoms with Crippen LogP contribution in [0.3, 0.4) is 0 Å². The Hall–Kier alpha value is -0.570. The average Bonchev–Trinajstić information content (AvgIpc) is 2.53. The number of carboxylic acids is 1. The summed E-state index contributed by atoms with van der Waals surface area (Å²) in [5.74, 6) is -0.833. The lowest BCUT2D eigenvalue weighted by molar-refractivity contribution is -0.134. The molecule has 0 spiro atoms. The van der Waals surface area contributed by atoms with E-state index in [0.717, 1.165) is 6.92 Å². The largest absolute Gasteiger partial charge is 0.481 e. The van der Waals surface area contributed by atoms with Crippen molar-refractivity contribution in [2.24, 2.45) is 0 Å². The molecule has 0 bridgehead atoms. The van der Waals surface area contributed by atoms with E-state index in [9.17, 15) is 0 Å². The second kappa shape index (κ2) is 14.7. The van der Waals surface area contributed by atoms with E-state index in [4.69, 9.17) is 9.90 Å². The fourth-order valence-electron chi connectivity index (χ4n) is 3.53. The summed E-state index contributed by atoms with van der Waals surface area (Å²) in [4.78, 5) is 11.7. The highest BCUT2D eigenvalue weighted by Crippen LogP contribution is 2.26. The maximum Gasteiger partial charge on any atom is 0.300 e. The molecule has 1 heterocycles. The summed E-state index contributed by atoms with van der Waals surface area (Å²) >= 11 is 0. The number of unbranched alkanes of at least 4 members (excludes halogenated alkanes) is 8. The molecule has 1 aliphatic rings. The van der Waals surface area contributed by atoms with Crippen LogP contribution in [0.2, 0.25) is 0 Å². The van der Waals surface area contributed by atoms with Gasteiger partial charge in [-0.05, 0) is 46.2 Å². The molecule has 0 radical (unpaired) electrons. The van der Waals surface area contributed by atoms with Crippen molar-refractivity contribution in [3.63, 3.8) is 0 Å². The SMILES string of the molecule is CC(=O)O.CCCCCCCCCCCC(C)(C)N1CCCCC1. The monoisotopic (exact) mass is 341 g/mol. The third kappa shape index (κ3) is 13.8. The van der Waals surface area contributed by atoms with E-state index in [0.29, 0.717) is 5.54 Å². The van der Waals surface area contributed by atoms with Crippen LogP contribution < -0.4 is 0 Å². The Morgan fingerprint density at radius 1 is 0.875 bits per heavy atom. The lowest BCUT2D eigenvalue weighted by Crippen LogP contribution is -2.46. The highest BCUT2D eigenvalue weighted by molar-refractivity contribution is 5.62. The molecule has 1 fully saturated rings. The minimum absolute atomic E-state index is 0.446. The topological polar surface area (TPSA) is 40.5 Å². The molecule has 0 saturated carbocycles. The average molecular weight is 342 g/mol. The zero-order valence-electron chi connectivity index (χ0n) is 16.9. The molecular formula is C21H43NO2. The van der Waals surface area contributed by atoms with E-state index in [-0.39, 0.29) is 0 Å². The van der Waals surface area contributed by atoms with Gasteiger partial charge in [-0.25, -0.2) is 0 Å². The number of likely N-dealkylation sites (tertiary alicyclic amines) is 1. The van der Waals surface area contributed by atoms with E-state index >= 15 is 0 Å². The third-order valence-electron chi connectivity index (χ3n) is 5.10. The van der Waals surface area contributed by atoms with Crippen molar-refractivity contribution in [1.82, 2.24) is 4.90 Å². The van der Waals surface area contributed by atoms with Gasteiger partial charge >= 0.3 is 0 Å². The predicted octanol–water partition coefficient (Wildman–Crippen LogP) is 6.26. The molecule has 144 valence electrons. The van der Waals surface area contributed by atoms with Crippen molar-refractivity contribution >= 4 is 5.97 Å². The van der Waals surface area contributed by atoms with Gasteiger partial charge in [0.05, 0.1) is 0 Å². The lowest BCUT2D eigenvalue weighted by Gasteiger charge is -2.41. The smallest absolute Gasteiger partial charge is 0.300 e. The molecule has 0 aromatic heterocycles. The number of hydrogen-bond donors (Lipinski definition) is 1. The van der Waals surface area contributed by atoms with Gasteiger partial charge in [0.15, 0.2) is 0 Å². The first-order valence-electron chi connectivity index (χ1n) is 10.3. The Kier molecular flexibility index (Phi) is 14.4. The molecule has 1 rings (SSSR count). The second-order valence-corrected chi connectivity index (χ2v) is 7.96. The Balaban J connectivity index is 0.00000118. The zero-order chi connectivity index (χ0) is 18.3. The van der Waals surface area contributed by atoms with Crippen LogP contribution >= 0.6 is 0 Å². The van der Waals surface area contributed by atoms with Crippen LogP contribution in [-0.2, 0) is 4.79 Å². The molecule has 0 aromatic rings. The predicted molar refractivity (Wildman–Crippen MR) is 105 cm³/mol. The molecule has 0 amide bonds. The molecule has 0 aromatic carbocycles. The van der Waals surface area contributed by atoms with Crippen molar-refractivity contribution in [2.45, 2.75) is 117 Å². The van der Waals surface area contributed by atoms with Crippen LogP contribution in [0.5, 0.6) is 0 Å². The molecule has 0 unspecified atom stereocenters. The van der Waals surface area contributed by atoms with Crippen molar-refractivity contribution in [3.8, 4) is 0 Å². The van der Waals surface area contributed by atoms with Gasteiger partial charge in [-0.1, -0.05) is 71.1 Å². The number of piperidine rings is 1. The summed E-state index contributed by atoms with van der Waals surface area (Å²) in [7, 11) is 0. The van der Waals surface area contributed by atoms with Gasteiger partial charge in [0.25, 0.3) is 5.97 Å². The maximum absolute atomic E-state index is 9.00. The summed E-state index contributed by atoms with van der Waals surface area (Å²) < 4.78 is 0. The first-order chi connectivity index (χ1) is 11.4. The Morgan fingerprint density at radius 2 is 1.29 bits per heavy atom. The van der Waals surface area contributed by atoms with Gasteiger partial charge in [0, 0.05) is 12.5 Å². The minimum Gasteiger partial charge on any atom is -0.481 e. The second-order valence-electron chi connectivity index (χ2n) is 7.96. The van der Waals surface area contributed by atoms with Gasteiger partial charge < -0.3 is 5.11 Å². The van der Waals surface area contributed by atoms with E-state index in [1.54, 1.807) is 0 Å². The van der Waals surface area contributed by atoms with E-state index in [1.165, 1.54) is 96.6 Å². The van der Waals surface area contributed by atoms with Gasteiger partial charge in [0.2, 0.25) is 0 Å². The Bertz CT molecular complexity index is 292. The zero-order valence-corrected chi connectivity index (χ0v) is 16.9. The van der Waals surface area contributed by atoms with Gasteiger partial charge in [-0.15, -0.1) is 0 Å². The molecule has 24 heavy (non-hydrogen) atoms. The number of rotatable bonds is 11. The summed E-state index contributed by atoms with van der Waals surface area (Å²) in [6, 6.07) is 0. The molecule has 1 aliphatic heterocycles.